The molecule has 3 rings (SSSR count). The number of nitrogens with zero attached hydrogens (tertiary/aromatic N) is 2. The third-order valence-corrected chi connectivity index (χ3v) is 4.46. The number of nitrogens with one attached hydrogen (secondary N) is 1. The minimum atomic E-state index is -0.467. The van der Waals surface area contributed by atoms with Crippen molar-refractivity contribution in [1.82, 2.24) is 4.98 Å². The summed E-state index contributed by atoms with van der Waals surface area (Å²) in [6, 6.07) is 14.2. The van der Waals surface area contributed by atoms with E-state index in [1.807, 2.05) is 30.3 Å². The van der Waals surface area contributed by atoms with Crippen LogP contribution in [-0.2, 0) is 0 Å². The molecular weight excluding hydrogens is 326 g/mol. The Labute approximate surface area is 141 Å². The van der Waals surface area contributed by atoms with Gasteiger partial charge in [-0.3, -0.25) is 14.9 Å². The standard InChI is InChI=1S/C17H13N3O3S/c1-11-7-8-13(9-14(11)20(22)23)19-16(21)15-10-18-17(24-15)12-5-3-2-4-6-12/h2-10H,1H3,(H,19,21). The Morgan fingerprint density at radius 1 is 1.21 bits per heavy atom. The monoisotopic (exact) mass is 339 g/mol. The molecule has 0 unspecified atom stereocenters. The van der Waals surface area contributed by atoms with Gasteiger partial charge in [0.05, 0.1) is 11.1 Å². The Hall–Kier alpha value is -3.06. The van der Waals surface area contributed by atoms with E-state index in [4.69, 9.17) is 0 Å². The van der Waals surface area contributed by atoms with E-state index in [0.29, 0.717) is 16.1 Å². The fraction of sp³-hybridized carbons (Fsp3) is 0.0588. The van der Waals surface area contributed by atoms with E-state index in [1.165, 1.54) is 23.6 Å². The van der Waals surface area contributed by atoms with E-state index in [0.717, 1.165) is 10.6 Å². The van der Waals surface area contributed by atoms with Crippen LogP contribution in [0.25, 0.3) is 10.6 Å². The lowest BCUT2D eigenvalue weighted by Gasteiger charge is -2.04. The van der Waals surface area contributed by atoms with Crippen molar-refractivity contribution in [2.45, 2.75) is 6.92 Å². The Morgan fingerprint density at radius 3 is 2.67 bits per heavy atom. The molecule has 0 aliphatic carbocycles. The molecule has 2 aromatic carbocycles. The van der Waals surface area contributed by atoms with Crippen molar-refractivity contribution in [2.75, 3.05) is 5.32 Å². The highest BCUT2D eigenvalue weighted by molar-refractivity contribution is 7.17. The second kappa shape index (κ2) is 6.59. The molecule has 0 saturated carbocycles. The molecule has 0 aliphatic heterocycles. The van der Waals surface area contributed by atoms with E-state index >= 15 is 0 Å². The Kier molecular flexibility index (Phi) is 4.35. The van der Waals surface area contributed by atoms with Crippen LogP contribution in [0.1, 0.15) is 15.2 Å². The van der Waals surface area contributed by atoms with Gasteiger partial charge in [0.25, 0.3) is 11.6 Å². The van der Waals surface area contributed by atoms with Gasteiger partial charge in [0.2, 0.25) is 0 Å². The lowest BCUT2D eigenvalue weighted by molar-refractivity contribution is -0.385. The predicted molar refractivity (Wildman–Crippen MR) is 93.3 cm³/mol. The second-order valence-electron chi connectivity index (χ2n) is 5.11. The van der Waals surface area contributed by atoms with Crippen LogP contribution >= 0.6 is 11.3 Å². The first-order valence-corrected chi connectivity index (χ1v) is 7.94. The first kappa shape index (κ1) is 15.8. The summed E-state index contributed by atoms with van der Waals surface area (Å²) in [7, 11) is 0. The van der Waals surface area contributed by atoms with Gasteiger partial charge in [-0.15, -0.1) is 11.3 Å². The third-order valence-electron chi connectivity index (χ3n) is 3.41. The van der Waals surface area contributed by atoms with Crippen LogP contribution in [0.2, 0.25) is 0 Å². The second-order valence-corrected chi connectivity index (χ2v) is 6.14. The number of anilines is 1. The lowest BCUT2D eigenvalue weighted by atomic mass is 10.2. The normalized spacial score (nSPS) is 10.4. The van der Waals surface area contributed by atoms with Crippen LogP contribution in [0.15, 0.2) is 54.7 Å². The van der Waals surface area contributed by atoms with Crippen molar-refractivity contribution >= 4 is 28.6 Å². The maximum Gasteiger partial charge on any atom is 0.274 e. The molecule has 0 spiro atoms. The molecule has 0 aliphatic rings. The van der Waals surface area contributed by atoms with Crippen molar-refractivity contribution in [3.63, 3.8) is 0 Å². The largest absolute Gasteiger partial charge is 0.321 e. The Balaban J connectivity index is 1.80. The number of nitro groups is 1. The maximum atomic E-state index is 12.3. The number of carbonyl (C=O) groups excluding carboxylic acids is 1. The number of nitro benzene ring substituents is 1. The summed E-state index contributed by atoms with van der Waals surface area (Å²) in [4.78, 5) is 27.5. The predicted octanol–water partition coefficient (Wildman–Crippen LogP) is 4.28. The van der Waals surface area contributed by atoms with Gasteiger partial charge < -0.3 is 5.32 Å². The Morgan fingerprint density at radius 2 is 1.96 bits per heavy atom. The minimum Gasteiger partial charge on any atom is -0.321 e. The van der Waals surface area contributed by atoms with Gasteiger partial charge in [0.1, 0.15) is 9.88 Å². The first-order valence-electron chi connectivity index (χ1n) is 7.12. The van der Waals surface area contributed by atoms with E-state index in [1.54, 1.807) is 19.1 Å². The van der Waals surface area contributed by atoms with Crippen molar-refractivity contribution in [3.05, 3.63) is 75.3 Å². The van der Waals surface area contributed by atoms with Gasteiger partial charge in [-0.05, 0) is 13.0 Å². The van der Waals surface area contributed by atoms with Crippen molar-refractivity contribution in [1.29, 1.82) is 0 Å². The number of benzene rings is 2. The minimum absolute atomic E-state index is 0.0259. The highest BCUT2D eigenvalue weighted by Gasteiger charge is 2.15. The number of rotatable bonds is 4. The molecule has 24 heavy (non-hydrogen) atoms. The van der Waals surface area contributed by atoms with Crippen LogP contribution in [0.5, 0.6) is 0 Å². The van der Waals surface area contributed by atoms with E-state index in [-0.39, 0.29) is 11.6 Å². The summed E-state index contributed by atoms with van der Waals surface area (Å²) < 4.78 is 0. The molecule has 0 bridgehead atoms. The highest BCUT2D eigenvalue weighted by Crippen LogP contribution is 2.26. The zero-order valence-corrected chi connectivity index (χ0v) is 13.5. The van der Waals surface area contributed by atoms with Gasteiger partial charge in [0.15, 0.2) is 0 Å². The summed E-state index contributed by atoms with van der Waals surface area (Å²) in [5, 5.41) is 14.4. The lowest BCUT2D eigenvalue weighted by Crippen LogP contribution is -2.10. The number of hydrogen-bond donors (Lipinski definition) is 1. The number of amides is 1. The molecule has 7 heteroatoms. The van der Waals surface area contributed by atoms with Gasteiger partial charge in [-0.25, -0.2) is 4.98 Å². The van der Waals surface area contributed by atoms with Gasteiger partial charge >= 0.3 is 0 Å². The van der Waals surface area contributed by atoms with Crippen molar-refractivity contribution in [2.24, 2.45) is 0 Å². The van der Waals surface area contributed by atoms with Crippen molar-refractivity contribution in [3.8, 4) is 10.6 Å². The van der Waals surface area contributed by atoms with Crippen molar-refractivity contribution < 1.29 is 9.72 Å². The molecule has 1 heterocycles. The summed E-state index contributed by atoms with van der Waals surface area (Å²) in [6.07, 6.45) is 1.50. The number of carbonyl (C=O) groups is 1. The van der Waals surface area contributed by atoms with Gasteiger partial charge in [-0.1, -0.05) is 36.4 Å². The molecule has 120 valence electrons. The quantitative estimate of drug-likeness (QED) is 0.568. The molecule has 1 amide bonds. The molecule has 1 N–H and O–H groups in total. The molecule has 3 aromatic rings. The maximum absolute atomic E-state index is 12.3. The number of aryl methyl sites for hydroxylation is 1. The van der Waals surface area contributed by atoms with Gasteiger partial charge in [0, 0.05) is 22.9 Å². The molecule has 0 fully saturated rings. The molecule has 6 nitrogen and oxygen atoms in total. The third kappa shape index (κ3) is 3.31. The zero-order valence-electron chi connectivity index (χ0n) is 12.7. The van der Waals surface area contributed by atoms with Crippen LogP contribution < -0.4 is 5.32 Å². The molecule has 0 saturated heterocycles. The average Bonchev–Trinajstić information content (AvgIpc) is 3.07. The summed E-state index contributed by atoms with van der Waals surface area (Å²) in [5.41, 5.74) is 1.84. The number of hydrogen-bond acceptors (Lipinski definition) is 5. The van der Waals surface area contributed by atoms with Crippen LogP contribution in [0.4, 0.5) is 11.4 Å². The number of aromatic nitrogens is 1. The SMILES string of the molecule is Cc1ccc(NC(=O)c2cnc(-c3ccccc3)s2)cc1[N+](=O)[O-]. The average molecular weight is 339 g/mol. The van der Waals surface area contributed by atoms with Crippen LogP contribution in [-0.4, -0.2) is 15.8 Å². The van der Waals surface area contributed by atoms with Crippen LogP contribution in [0.3, 0.4) is 0 Å². The zero-order chi connectivity index (χ0) is 17.1. The summed E-state index contributed by atoms with van der Waals surface area (Å²) in [6.45, 7) is 1.65. The topological polar surface area (TPSA) is 85.1 Å². The highest BCUT2D eigenvalue weighted by atomic mass is 32.1. The van der Waals surface area contributed by atoms with Crippen LogP contribution in [0, 0.1) is 17.0 Å². The fourth-order valence-electron chi connectivity index (χ4n) is 2.17. The summed E-state index contributed by atoms with van der Waals surface area (Å²) >= 11 is 1.27. The first-order chi connectivity index (χ1) is 11.5. The Bertz CT molecular complexity index is 906. The molecule has 1 aromatic heterocycles. The van der Waals surface area contributed by atoms with E-state index < -0.39 is 4.92 Å². The number of thiazole rings is 1. The molecule has 0 radical (unpaired) electrons. The van der Waals surface area contributed by atoms with Gasteiger partial charge in [-0.2, -0.15) is 0 Å². The van der Waals surface area contributed by atoms with E-state index in [2.05, 4.69) is 10.3 Å². The smallest absolute Gasteiger partial charge is 0.274 e. The fourth-order valence-corrected chi connectivity index (χ4v) is 2.99. The molecule has 0 atom stereocenters. The molecular formula is C17H13N3O3S. The summed E-state index contributed by atoms with van der Waals surface area (Å²) in [5.74, 6) is -0.340. The van der Waals surface area contributed by atoms with E-state index in [9.17, 15) is 14.9 Å².